The molecule has 3 N–H and O–H groups in total. The minimum atomic E-state index is -1.06. The lowest BCUT2D eigenvalue weighted by atomic mass is 10.0. The van der Waals surface area contributed by atoms with Crippen LogP contribution in [0, 0.1) is 0 Å². The SMILES string of the molecule is C[C@H](NC(=O)NCc1cccc2ccccc12)C(=O)O. The Morgan fingerprint density at radius 3 is 2.60 bits per heavy atom. The lowest BCUT2D eigenvalue weighted by molar-refractivity contribution is -0.138. The molecule has 0 aliphatic carbocycles. The molecule has 0 radical (unpaired) electrons. The van der Waals surface area contributed by atoms with Crippen LogP contribution in [0.4, 0.5) is 4.79 Å². The number of rotatable bonds is 4. The number of urea groups is 1. The highest BCUT2D eigenvalue weighted by molar-refractivity contribution is 5.86. The number of aliphatic carboxylic acids is 1. The summed E-state index contributed by atoms with van der Waals surface area (Å²) >= 11 is 0. The molecule has 0 saturated heterocycles. The number of hydrogen-bond acceptors (Lipinski definition) is 2. The van der Waals surface area contributed by atoms with Crippen LogP contribution in [0.3, 0.4) is 0 Å². The Morgan fingerprint density at radius 2 is 1.85 bits per heavy atom. The number of benzene rings is 2. The van der Waals surface area contributed by atoms with Crippen molar-refractivity contribution < 1.29 is 14.7 Å². The molecule has 5 heteroatoms. The highest BCUT2D eigenvalue weighted by Gasteiger charge is 2.13. The lowest BCUT2D eigenvalue weighted by Gasteiger charge is -2.12. The van der Waals surface area contributed by atoms with E-state index in [1.807, 2.05) is 42.5 Å². The van der Waals surface area contributed by atoms with Crippen molar-refractivity contribution in [2.24, 2.45) is 0 Å². The van der Waals surface area contributed by atoms with Crippen molar-refractivity contribution in [3.8, 4) is 0 Å². The Morgan fingerprint density at radius 1 is 1.15 bits per heavy atom. The van der Waals surface area contributed by atoms with E-state index >= 15 is 0 Å². The first-order valence-electron chi connectivity index (χ1n) is 6.32. The van der Waals surface area contributed by atoms with Gasteiger partial charge in [0.1, 0.15) is 6.04 Å². The normalized spacial score (nSPS) is 11.8. The van der Waals surface area contributed by atoms with E-state index in [0.717, 1.165) is 16.3 Å². The standard InChI is InChI=1S/C15H16N2O3/c1-10(14(18)19)17-15(20)16-9-12-7-4-6-11-5-2-3-8-13(11)12/h2-8,10H,9H2,1H3,(H,18,19)(H2,16,17,20)/t10-/m0/s1. The largest absolute Gasteiger partial charge is 0.480 e. The van der Waals surface area contributed by atoms with E-state index in [4.69, 9.17) is 5.11 Å². The molecular weight excluding hydrogens is 256 g/mol. The van der Waals surface area contributed by atoms with Gasteiger partial charge in [-0.05, 0) is 23.3 Å². The number of carboxylic acid groups (broad SMARTS) is 1. The fourth-order valence-corrected chi connectivity index (χ4v) is 1.93. The molecule has 0 heterocycles. The highest BCUT2D eigenvalue weighted by Crippen LogP contribution is 2.18. The van der Waals surface area contributed by atoms with E-state index in [1.54, 1.807) is 0 Å². The third-order valence-corrected chi connectivity index (χ3v) is 3.04. The molecule has 1 atom stereocenters. The van der Waals surface area contributed by atoms with Crippen molar-refractivity contribution >= 4 is 22.8 Å². The zero-order valence-electron chi connectivity index (χ0n) is 11.1. The van der Waals surface area contributed by atoms with Crippen LogP contribution in [-0.2, 0) is 11.3 Å². The number of carbonyl (C=O) groups is 2. The van der Waals surface area contributed by atoms with Gasteiger partial charge in [-0.3, -0.25) is 4.79 Å². The molecule has 104 valence electrons. The Balaban J connectivity index is 2.03. The molecule has 20 heavy (non-hydrogen) atoms. The number of hydrogen-bond donors (Lipinski definition) is 3. The van der Waals surface area contributed by atoms with E-state index in [1.165, 1.54) is 6.92 Å². The molecule has 2 rings (SSSR count). The molecule has 2 amide bonds. The maximum Gasteiger partial charge on any atom is 0.325 e. The van der Waals surface area contributed by atoms with Gasteiger partial charge in [-0.15, -0.1) is 0 Å². The second-order valence-electron chi connectivity index (χ2n) is 4.53. The molecule has 2 aromatic carbocycles. The first-order valence-corrected chi connectivity index (χ1v) is 6.32. The zero-order chi connectivity index (χ0) is 14.5. The Bertz CT molecular complexity index is 635. The maximum absolute atomic E-state index is 11.6. The molecule has 0 aromatic heterocycles. The van der Waals surface area contributed by atoms with Gasteiger partial charge in [0.15, 0.2) is 0 Å². The van der Waals surface area contributed by atoms with E-state index in [9.17, 15) is 9.59 Å². The van der Waals surface area contributed by atoms with E-state index < -0.39 is 18.0 Å². The van der Waals surface area contributed by atoms with Crippen LogP contribution in [0.1, 0.15) is 12.5 Å². The smallest absolute Gasteiger partial charge is 0.325 e. The summed E-state index contributed by atoms with van der Waals surface area (Å²) in [5.74, 6) is -1.06. The first kappa shape index (κ1) is 13.9. The summed E-state index contributed by atoms with van der Waals surface area (Å²) in [4.78, 5) is 22.2. The number of nitrogens with one attached hydrogen (secondary N) is 2. The Kier molecular flexibility index (Phi) is 4.20. The molecule has 0 bridgehead atoms. The summed E-state index contributed by atoms with van der Waals surface area (Å²) in [5.41, 5.74) is 0.987. The van der Waals surface area contributed by atoms with Crippen molar-refractivity contribution in [3.05, 3.63) is 48.0 Å². The topological polar surface area (TPSA) is 78.4 Å². The summed E-state index contributed by atoms with van der Waals surface area (Å²) in [5, 5.41) is 15.9. The third kappa shape index (κ3) is 3.26. The van der Waals surface area contributed by atoms with Gasteiger partial charge < -0.3 is 15.7 Å². The molecule has 0 saturated carbocycles. The van der Waals surface area contributed by atoms with Gasteiger partial charge in [0.05, 0.1) is 0 Å². The second-order valence-corrected chi connectivity index (χ2v) is 4.53. The second kappa shape index (κ2) is 6.06. The van der Waals surface area contributed by atoms with Gasteiger partial charge in [-0.2, -0.15) is 0 Å². The molecule has 2 aromatic rings. The average molecular weight is 272 g/mol. The van der Waals surface area contributed by atoms with Crippen molar-refractivity contribution in [3.63, 3.8) is 0 Å². The molecule has 0 fully saturated rings. The Hall–Kier alpha value is -2.56. The zero-order valence-corrected chi connectivity index (χ0v) is 11.1. The predicted octanol–water partition coefficient (Wildman–Crippen LogP) is 2.11. The molecule has 5 nitrogen and oxygen atoms in total. The number of amides is 2. The minimum Gasteiger partial charge on any atom is -0.480 e. The van der Waals surface area contributed by atoms with Gasteiger partial charge in [-0.25, -0.2) is 4.79 Å². The fourth-order valence-electron chi connectivity index (χ4n) is 1.93. The Labute approximate surface area is 116 Å². The van der Waals surface area contributed by atoms with Gasteiger partial charge in [-0.1, -0.05) is 42.5 Å². The fraction of sp³-hybridized carbons (Fsp3) is 0.200. The quantitative estimate of drug-likeness (QED) is 0.797. The van der Waals surface area contributed by atoms with Crippen LogP contribution in [0.5, 0.6) is 0 Å². The van der Waals surface area contributed by atoms with Crippen molar-refractivity contribution in [1.82, 2.24) is 10.6 Å². The van der Waals surface area contributed by atoms with E-state index in [-0.39, 0.29) is 0 Å². The minimum absolute atomic E-state index is 0.347. The van der Waals surface area contributed by atoms with Crippen molar-refractivity contribution in [2.45, 2.75) is 19.5 Å². The molecule has 0 aliphatic rings. The maximum atomic E-state index is 11.6. The van der Waals surface area contributed by atoms with Crippen LogP contribution in [0.2, 0.25) is 0 Å². The van der Waals surface area contributed by atoms with Crippen LogP contribution >= 0.6 is 0 Å². The lowest BCUT2D eigenvalue weighted by Crippen LogP contribution is -2.44. The predicted molar refractivity (Wildman–Crippen MR) is 76.4 cm³/mol. The number of fused-ring (bicyclic) bond motifs is 1. The molecule has 0 aliphatic heterocycles. The monoisotopic (exact) mass is 272 g/mol. The molecule has 0 spiro atoms. The summed E-state index contributed by atoms with van der Waals surface area (Å²) < 4.78 is 0. The van der Waals surface area contributed by atoms with E-state index in [2.05, 4.69) is 10.6 Å². The van der Waals surface area contributed by atoms with Gasteiger partial charge in [0.2, 0.25) is 0 Å². The van der Waals surface area contributed by atoms with Crippen LogP contribution < -0.4 is 10.6 Å². The summed E-state index contributed by atoms with van der Waals surface area (Å²) in [7, 11) is 0. The number of carboxylic acids is 1. The van der Waals surface area contributed by atoms with Crippen LogP contribution in [-0.4, -0.2) is 23.1 Å². The van der Waals surface area contributed by atoms with Gasteiger partial charge in [0.25, 0.3) is 0 Å². The van der Waals surface area contributed by atoms with Crippen molar-refractivity contribution in [1.29, 1.82) is 0 Å². The number of carbonyl (C=O) groups excluding carboxylic acids is 1. The molecule has 0 unspecified atom stereocenters. The third-order valence-electron chi connectivity index (χ3n) is 3.04. The first-order chi connectivity index (χ1) is 9.58. The van der Waals surface area contributed by atoms with Crippen LogP contribution in [0.15, 0.2) is 42.5 Å². The van der Waals surface area contributed by atoms with Gasteiger partial charge >= 0.3 is 12.0 Å². The summed E-state index contributed by atoms with van der Waals surface area (Å²) in [6.45, 7) is 1.76. The molecular formula is C15H16N2O3. The van der Waals surface area contributed by atoms with Crippen LogP contribution in [0.25, 0.3) is 10.8 Å². The van der Waals surface area contributed by atoms with Gasteiger partial charge in [0, 0.05) is 6.54 Å². The summed E-state index contributed by atoms with van der Waals surface area (Å²) in [6.07, 6.45) is 0. The highest BCUT2D eigenvalue weighted by atomic mass is 16.4. The summed E-state index contributed by atoms with van der Waals surface area (Å²) in [6, 6.07) is 12.4. The van der Waals surface area contributed by atoms with Crippen molar-refractivity contribution in [2.75, 3.05) is 0 Å². The van der Waals surface area contributed by atoms with E-state index in [0.29, 0.717) is 6.54 Å². The average Bonchev–Trinajstić information content (AvgIpc) is 2.44.